The lowest BCUT2D eigenvalue weighted by molar-refractivity contribution is -0.0600. The van der Waals surface area contributed by atoms with E-state index in [2.05, 4.69) is 26.0 Å². The van der Waals surface area contributed by atoms with Gasteiger partial charge in [-0.3, -0.25) is 9.05 Å². The number of hydrogen-bond donors (Lipinski definition) is 0. The average Bonchev–Trinajstić information content (AvgIpc) is 3.32. The summed E-state index contributed by atoms with van der Waals surface area (Å²) in [6.45, 7) is 5.70. The lowest BCUT2D eigenvalue weighted by Crippen LogP contribution is -2.44. The van der Waals surface area contributed by atoms with Crippen LogP contribution in [-0.2, 0) is 38.0 Å². The minimum atomic E-state index is -3.89. The molecule has 40 heavy (non-hydrogen) atoms. The van der Waals surface area contributed by atoms with Gasteiger partial charge in [-0.1, -0.05) is 73.7 Å². The summed E-state index contributed by atoms with van der Waals surface area (Å²) >= 11 is 0. The van der Waals surface area contributed by atoms with Crippen molar-refractivity contribution in [3.63, 3.8) is 0 Å². The van der Waals surface area contributed by atoms with Crippen molar-refractivity contribution in [3.05, 3.63) is 101 Å². The molecule has 0 saturated heterocycles. The van der Waals surface area contributed by atoms with Crippen molar-refractivity contribution in [2.45, 2.75) is 77.6 Å². The van der Waals surface area contributed by atoms with Crippen molar-refractivity contribution in [1.29, 1.82) is 0 Å². The first-order chi connectivity index (χ1) is 19.5. The van der Waals surface area contributed by atoms with Crippen LogP contribution in [0.3, 0.4) is 0 Å². The number of benzene rings is 3. The molecule has 0 spiro atoms. The van der Waals surface area contributed by atoms with Crippen molar-refractivity contribution in [2.24, 2.45) is 17.3 Å². The van der Waals surface area contributed by atoms with Gasteiger partial charge in [-0.15, -0.1) is 0 Å². The Morgan fingerprint density at radius 1 is 0.850 bits per heavy atom. The lowest BCUT2D eigenvalue weighted by Gasteiger charge is -2.50. The molecule has 2 saturated carbocycles. The molecular weight excluding hydrogens is 519 g/mol. The lowest BCUT2D eigenvalue weighted by atomic mass is 9.55. The predicted octanol–water partition coefficient (Wildman–Crippen LogP) is 8.87. The summed E-state index contributed by atoms with van der Waals surface area (Å²) in [5.74, 6) is 2.55. The van der Waals surface area contributed by atoms with Gasteiger partial charge in [0.2, 0.25) is 0 Å². The van der Waals surface area contributed by atoms with E-state index in [1.165, 1.54) is 43.2 Å². The predicted molar refractivity (Wildman–Crippen MR) is 157 cm³/mol. The third-order valence-corrected chi connectivity index (χ3v) is 11.0. The summed E-state index contributed by atoms with van der Waals surface area (Å²) in [4.78, 5) is 0. The Balaban J connectivity index is 1.19. The highest BCUT2D eigenvalue weighted by Gasteiger charge is 2.55. The molecule has 212 valence electrons. The first-order valence-corrected chi connectivity index (χ1v) is 16.3. The first-order valence-electron chi connectivity index (χ1n) is 14.9. The summed E-state index contributed by atoms with van der Waals surface area (Å²) in [6.07, 6.45) is 7.50. The smallest absolute Gasteiger partial charge is 0.404 e. The van der Waals surface area contributed by atoms with Gasteiger partial charge < -0.3 is 9.26 Å². The zero-order valence-corrected chi connectivity index (χ0v) is 24.6. The second-order valence-electron chi connectivity index (χ2n) is 11.9. The summed E-state index contributed by atoms with van der Waals surface area (Å²) in [5.41, 5.74) is 4.87. The minimum Gasteiger partial charge on any atom is -0.404 e. The molecule has 6 heteroatoms. The molecule has 3 aromatic carbocycles. The fourth-order valence-corrected chi connectivity index (χ4v) is 8.88. The van der Waals surface area contributed by atoms with Gasteiger partial charge in [0.15, 0.2) is 0 Å². The van der Waals surface area contributed by atoms with Gasteiger partial charge in [0.25, 0.3) is 0 Å². The van der Waals surface area contributed by atoms with Gasteiger partial charge >= 0.3 is 7.82 Å². The van der Waals surface area contributed by atoms with E-state index in [1.54, 1.807) is 0 Å². The van der Waals surface area contributed by atoms with E-state index >= 15 is 0 Å². The van der Waals surface area contributed by atoms with Gasteiger partial charge in [-0.25, -0.2) is 4.57 Å². The van der Waals surface area contributed by atoms with Gasteiger partial charge in [-0.05, 0) is 103 Å². The van der Waals surface area contributed by atoms with E-state index < -0.39 is 7.82 Å². The van der Waals surface area contributed by atoms with Crippen LogP contribution in [0.15, 0.2) is 78.9 Å². The molecule has 0 amide bonds. The number of hydrogen-bond acceptors (Lipinski definition) is 5. The Bertz CT molecular complexity index is 1280. The largest absolute Gasteiger partial charge is 0.530 e. The molecule has 0 radical (unpaired) electrons. The SMILES string of the molecule is CCO[C@@H]1CCC2C3CCc4cc(OP(=O)(OCc5ccccc5)OCc5ccccc5)ccc4C3CC[C@]21C. The number of fused-ring (bicyclic) bond motifs is 5. The Labute approximate surface area is 238 Å². The Hall–Kier alpha value is -2.43. The number of phosphoric ester groups is 1. The summed E-state index contributed by atoms with van der Waals surface area (Å²) < 4.78 is 37.9. The number of rotatable bonds is 10. The van der Waals surface area contributed by atoms with Gasteiger partial charge in [0.05, 0.1) is 19.3 Å². The van der Waals surface area contributed by atoms with Crippen LogP contribution in [0.4, 0.5) is 0 Å². The minimum absolute atomic E-state index is 0.143. The van der Waals surface area contributed by atoms with E-state index in [1.807, 2.05) is 66.7 Å². The first kappa shape index (κ1) is 27.7. The Kier molecular flexibility index (Phi) is 8.19. The fourth-order valence-electron chi connectivity index (χ4n) is 7.72. The quantitative estimate of drug-likeness (QED) is 0.232. The highest BCUT2D eigenvalue weighted by molar-refractivity contribution is 7.48. The van der Waals surface area contributed by atoms with E-state index in [4.69, 9.17) is 18.3 Å². The van der Waals surface area contributed by atoms with Gasteiger partial charge in [-0.2, -0.15) is 0 Å². The van der Waals surface area contributed by atoms with E-state index in [0.29, 0.717) is 29.1 Å². The Morgan fingerprint density at radius 2 is 1.52 bits per heavy atom. The Morgan fingerprint density at radius 3 is 2.17 bits per heavy atom. The van der Waals surface area contributed by atoms with E-state index in [-0.39, 0.29) is 13.2 Å². The molecule has 0 aliphatic heterocycles. The highest BCUT2D eigenvalue weighted by Crippen LogP contribution is 2.62. The topological polar surface area (TPSA) is 54.0 Å². The molecule has 3 aromatic rings. The summed E-state index contributed by atoms with van der Waals surface area (Å²) in [7, 11) is -3.89. The third-order valence-electron chi connectivity index (χ3n) is 9.66. The summed E-state index contributed by atoms with van der Waals surface area (Å²) in [5, 5.41) is 0. The molecule has 3 aliphatic rings. The molecule has 5 atom stereocenters. The number of ether oxygens (including phenoxy) is 1. The van der Waals surface area contributed by atoms with E-state index in [0.717, 1.165) is 30.1 Å². The molecular formula is C34H41O5P. The molecule has 5 nitrogen and oxygen atoms in total. The zero-order valence-electron chi connectivity index (χ0n) is 23.7. The molecule has 0 bridgehead atoms. The van der Waals surface area contributed by atoms with Crippen LogP contribution < -0.4 is 4.52 Å². The number of aryl methyl sites for hydroxylation is 1. The molecule has 3 aliphatic carbocycles. The maximum atomic E-state index is 13.9. The van der Waals surface area contributed by atoms with Crippen LogP contribution in [0.25, 0.3) is 0 Å². The van der Waals surface area contributed by atoms with Crippen molar-refractivity contribution < 1.29 is 22.9 Å². The van der Waals surface area contributed by atoms with Crippen LogP contribution >= 0.6 is 7.82 Å². The van der Waals surface area contributed by atoms with Crippen molar-refractivity contribution in [2.75, 3.05) is 6.61 Å². The second kappa shape index (κ2) is 11.8. The monoisotopic (exact) mass is 560 g/mol. The van der Waals surface area contributed by atoms with Crippen molar-refractivity contribution in [1.82, 2.24) is 0 Å². The van der Waals surface area contributed by atoms with E-state index in [9.17, 15) is 4.57 Å². The van der Waals surface area contributed by atoms with Crippen LogP contribution in [0.1, 0.15) is 74.1 Å². The number of phosphoric acid groups is 1. The maximum absolute atomic E-state index is 13.9. The zero-order chi connectivity index (χ0) is 27.6. The highest BCUT2D eigenvalue weighted by atomic mass is 31.2. The van der Waals surface area contributed by atoms with Gasteiger partial charge in [0, 0.05) is 6.61 Å². The van der Waals surface area contributed by atoms with Crippen molar-refractivity contribution in [3.8, 4) is 5.75 Å². The van der Waals surface area contributed by atoms with Crippen molar-refractivity contribution >= 4 is 7.82 Å². The molecule has 2 fully saturated rings. The third kappa shape index (κ3) is 5.67. The standard InChI is InChI=1S/C34H41O5P/c1-3-36-33-19-18-32-31-16-14-27-22-28(15-17-29(27)30(31)20-21-34(32,33)2)39-40(35,37-23-25-10-6-4-7-11-25)38-24-26-12-8-5-9-13-26/h4-13,15,17,22,30-33H,3,14,16,18-21,23-24H2,1-2H3/t30?,31?,32?,33-,34-/m1/s1. The van der Waals surface area contributed by atoms with Crippen LogP contribution in [0.5, 0.6) is 5.75 Å². The molecule has 6 rings (SSSR count). The fraction of sp³-hybridized carbons (Fsp3) is 0.471. The maximum Gasteiger partial charge on any atom is 0.530 e. The molecule has 0 heterocycles. The summed E-state index contributed by atoms with van der Waals surface area (Å²) in [6, 6.07) is 25.6. The molecule has 0 N–H and O–H groups in total. The second-order valence-corrected chi connectivity index (χ2v) is 13.5. The normalized spacial score (nSPS) is 27.4. The van der Waals surface area contributed by atoms with Gasteiger partial charge in [0.1, 0.15) is 5.75 Å². The van der Waals surface area contributed by atoms with Crippen LogP contribution in [0, 0.1) is 17.3 Å². The average molecular weight is 561 g/mol. The molecule has 3 unspecified atom stereocenters. The van der Waals surface area contributed by atoms with Crippen LogP contribution in [-0.4, -0.2) is 12.7 Å². The van der Waals surface area contributed by atoms with Crippen LogP contribution in [0.2, 0.25) is 0 Å². The molecule has 0 aromatic heterocycles.